The summed E-state index contributed by atoms with van der Waals surface area (Å²) >= 11 is 0. The van der Waals surface area contributed by atoms with Crippen LogP contribution in [0.3, 0.4) is 0 Å². The molecular formula is C17H14FN5O3. The zero-order valence-electron chi connectivity index (χ0n) is 13.5. The van der Waals surface area contributed by atoms with Crippen LogP contribution in [0.5, 0.6) is 0 Å². The number of amides is 1. The predicted octanol–water partition coefficient (Wildman–Crippen LogP) is 2.29. The van der Waals surface area contributed by atoms with Crippen LogP contribution < -0.4 is 5.32 Å². The molecule has 1 heterocycles. The van der Waals surface area contributed by atoms with E-state index in [1.807, 2.05) is 0 Å². The lowest BCUT2D eigenvalue weighted by Crippen LogP contribution is -2.26. The molecule has 0 aliphatic carbocycles. The number of carbonyl (C=O) groups is 1. The maximum atomic E-state index is 13.6. The van der Waals surface area contributed by atoms with E-state index in [1.54, 1.807) is 18.2 Å². The molecule has 0 aliphatic rings. The van der Waals surface area contributed by atoms with Gasteiger partial charge in [0.2, 0.25) is 0 Å². The van der Waals surface area contributed by atoms with Crippen molar-refractivity contribution in [3.05, 3.63) is 82.2 Å². The number of hydrogen-bond acceptors (Lipinski definition) is 5. The first kappa shape index (κ1) is 17.2. The van der Waals surface area contributed by atoms with E-state index < -0.39 is 10.8 Å². The van der Waals surface area contributed by atoms with Crippen molar-refractivity contribution in [2.75, 3.05) is 6.54 Å². The molecule has 8 nitrogen and oxygen atoms in total. The molecule has 0 bridgehead atoms. The Kier molecular flexibility index (Phi) is 4.97. The second-order valence-corrected chi connectivity index (χ2v) is 5.40. The monoisotopic (exact) mass is 355 g/mol. The van der Waals surface area contributed by atoms with Gasteiger partial charge in [-0.15, -0.1) is 0 Å². The van der Waals surface area contributed by atoms with E-state index in [1.165, 1.54) is 41.6 Å². The fourth-order valence-corrected chi connectivity index (χ4v) is 2.45. The molecule has 2 aromatic carbocycles. The van der Waals surface area contributed by atoms with Gasteiger partial charge in [-0.25, -0.2) is 14.1 Å². The molecule has 26 heavy (non-hydrogen) atoms. The molecule has 0 fully saturated rings. The number of benzene rings is 2. The molecule has 3 rings (SSSR count). The van der Waals surface area contributed by atoms with Crippen LogP contribution in [0.15, 0.2) is 55.1 Å². The molecule has 0 atom stereocenters. The largest absolute Gasteiger partial charge is 0.352 e. The molecule has 3 aromatic rings. The van der Waals surface area contributed by atoms with Gasteiger partial charge >= 0.3 is 0 Å². The third-order valence-electron chi connectivity index (χ3n) is 3.74. The van der Waals surface area contributed by atoms with Crippen LogP contribution in [0.1, 0.15) is 15.9 Å². The van der Waals surface area contributed by atoms with E-state index in [9.17, 15) is 19.3 Å². The minimum Gasteiger partial charge on any atom is -0.352 e. The lowest BCUT2D eigenvalue weighted by atomic mass is 10.1. The molecule has 9 heteroatoms. The lowest BCUT2D eigenvalue weighted by molar-refractivity contribution is -0.384. The summed E-state index contributed by atoms with van der Waals surface area (Å²) in [5.74, 6) is -0.816. The number of nitrogens with one attached hydrogen (secondary N) is 1. The van der Waals surface area contributed by atoms with Crippen molar-refractivity contribution in [3.8, 4) is 5.69 Å². The van der Waals surface area contributed by atoms with Crippen molar-refractivity contribution in [2.24, 2.45) is 0 Å². The van der Waals surface area contributed by atoms with Gasteiger partial charge in [-0.1, -0.05) is 18.2 Å². The lowest BCUT2D eigenvalue weighted by Gasteiger charge is -2.08. The molecular weight excluding hydrogens is 341 g/mol. The van der Waals surface area contributed by atoms with Gasteiger partial charge in [0.25, 0.3) is 11.6 Å². The molecule has 0 saturated heterocycles. The van der Waals surface area contributed by atoms with Gasteiger partial charge < -0.3 is 5.32 Å². The second-order valence-electron chi connectivity index (χ2n) is 5.40. The van der Waals surface area contributed by atoms with Crippen molar-refractivity contribution in [2.45, 2.75) is 6.42 Å². The second kappa shape index (κ2) is 7.51. The van der Waals surface area contributed by atoms with Gasteiger partial charge in [-0.05, 0) is 30.2 Å². The minimum absolute atomic E-state index is 0.133. The number of nitrogens with zero attached hydrogens (tertiary/aromatic N) is 4. The van der Waals surface area contributed by atoms with Crippen LogP contribution >= 0.6 is 0 Å². The number of rotatable bonds is 6. The van der Waals surface area contributed by atoms with E-state index in [4.69, 9.17) is 0 Å². The van der Waals surface area contributed by atoms with Crippen LogP contribution in [-0.4, -0.2) is 32.1 Å². The van der Waals surface area contributed by atoms with Crippen LogP contribution in [0.2, 0.25) is 0 Å². The highest BCUT2D eigenvalue weighted by Crippen LogP contribution is 2.23. The standard InChI is InChI=1S/C17H14FN5O3/c18-14-4-2-1-3-12(14)7-8-20-17(24)13-5-6-15(16(9-13)23(25)26)22-11-19-10-21-22/h1-6,9-11H,7-8H2,(H,20,24). The van der Waals surface area contributed by atoms with E-state index in [2.05, 4.69) is 15.4 Å². The van der Waals surface area contributed by atoms with Crippen molar-refractivity contribution in [1.82, 2.24) is 20.1 Å². The molecule has 132 valence electrons. The molecule has 0 unspecified atom stereocenters. The van der Waals surface area contributed by atoms with E-state index in [0.717, 1.165) is 0 Å². The fourth-order valence-electron chi connectivity index (χ4n) is 2.45. The predicted molar refractivity (Wildman–Crippen MR) is 90.5 cm³/mol. The van der Waals surface area contributed by atoms with Gasteiger partial charge in [0.1, 0.15) is 24.2 Å². The highest BCUT2D eigenvalue weighted by atomic mass is 19.1. The van der Waals surface area contributed by atoms with E-state index in [0.29, 0.717) is 12.0 Å². The first-order chi connectivity index (χ1) is 12.6. The highest BCUT2D eigenvalue weighted by Gasteiger charge is 2.19. The van der Waals surface area contributed by atoms with Gasteiger partial charge in [0.05, 0.1) is 4.92 Å². The van der Waals surface area contributed by atoms with E-state index in [-0.39, 0.29) is 29.3 Å². The SMILES string of the molecule is O=C(NCCc1ccccc1F)c1ccc(-n2cncn2)c([N+](=O)[O-])c1. The number of halogens is 1. The highest BCUT2D eigenvalue weighted by molar-refractivity contribution is 5.95. The van der Waals surface area contributed by atoms with Gasteiger partial charge in [0.15, 0.2) is 0 Å². The number of nitro benzene ring substituents is 1. The summed E-state index contributed by atoms with van der Waals surface area (Å²) in [6, 6.07) is 10.4. The third-order valence-corrected chi connectivity index (χ3v) is 3.74. The van der Waals surface area contributed by atoms with Crippen molar-refractivity contribution in [3.63, 3.8) is 0 Å². The summed E-state index contributed by atoms with van der Waals surface area (Å²) in [6.07, 6.45) is 2.90. The number of hydrogen-bond donors (Lipinski definition) is 1. The zero-order valence-corrected chi connectivity index (χ0v) is 13.5. The minimum atomic E-state index is -0.590. The summed E-state index contributed by atoms with van der Waals surface area (Å²) in [6.45, 7) is 0.207. The Hall–Kier alpha value is -3.62. The summed E-state index contributed by atoms with van der Waals surface area (Å²) in [5.41, 5.74) is 0.557. The van der Waals surface area contributed by atoms with Crippen LogP contribution in [0, 0.1) is 15.9 Å². The molecule has 0 spiro atoms. The van der Waals surface area contributed by atoms with E-state index >= 15 is 0 Å². The Balaban J connectivity index is 1.72. The van der Waals surface area contributed by atoms with Crippen LogP contribution in [0.25, 0.3) is 5.69 Å². The Morgan fingerprint density at radius 3 is 2.77 bits per heavy atom. The molecule has 0 aliphatic heterocycles. The topological polar surface area (TPSA) is 103 Å². The smallest absolute Gasteiger partial charge is 0.295 e. The average Bonchev–Trinajstić information content (AvgIpc) is 3.17. The van der Waals surface area contributed by atoms with Gasteiger partial charge in [-0.3, -0.25) is 14.9 Å². The zero-order chi connectivity index (χ0) is 18.5. The molecule has 1 amide bonds. The average molecular weight is 355 g/mol. The summed E-state index contributed by atoms with van der Waals surface area (Å²) in [5, 5.41) is 17.8. The molecule has 1 aromatic heterocycles. The maximum absolute atomic E-state index is 13.6. The molecule has 1 N–H and O–H groups in total. The molecule has 0 saturated carbocycles. The normalized spacial score (nSPS) is 10.5. The quantitative estimate of drug-likeness (QED) is 0.540. The van der Waals surface area contributed by atoms with Crippen LogP contribution in [0.4, 0.5) is 10.1 Å². The Morgan fingerprint density at radius 1 is 1.27 bits per heavy atom. The number of carbonyl (C=O) groups excluding carboxylic acids is 1. The summed E-state index contributed by atoms with van der Waals surface area (Å²) in [4.78, 5) is 26.7. The summed E-state index contributed by atoms with van der Waals surface area (Å²) < 4.78 is 14.8. The Labute approximate surface area is 147 Å². The van der Waals surface area contributed by atoms with Crippen LogP contribution in [-0.2, 0) is 6.42 Å². The summed E-state index contributed by atoms with van der Waals surface area (Å²) in [7, 11) is 0. The third kappa shape index (κ3) is 3.72. The van der Waals surface area contributed by atoms with Gasteiger partial charge in [0, 0.05) is 18.2 Å². The first-order valence-corrected chi connectivity index (χ1v) is 7.71. The number of aromatic nitrogens is 3. The maximum Gasteiger partial charge on any atom is 0.295 e. The Morgan fingerprint density at radius 2 is 2.08 bits per heavy atom. The molecule has 0 radical (unpaired) electrons. The van der Waals surface area contributed by atoms with Crippen molar-refractivity contribution in [1.29, 1.82) is 0 Å². The first-order valence-electron chi connectivity index (χ1n) is 7.71. The van der Waals surface area contributed by atoms with Crippen molar-refractivity contribution >= 4 is 11.6 Å². The van der Waals surface area contributed by atoms with Crippen molar-refractivity contribution < 1.29 is 14.1 Å². The Bertz CT molecular complexity index is 943. The number of nitro groups is 1. The fraction of sp³-hybridized carbons (Fsp3) is 0.118. The van der Waals surface area contributed by atoms with Gasteiger partial charge in [-0.2, -0.15) is 5.10 Å².